The van der Waals surface area contributed by atoms with E-state index in [0.29, 0.717) is 11.5 Å². The Hall–Kier alpha value is -0.0800. The number of piperidine rings is 1. The van der Waals surface area contributed by atoms with Crippen LogP contribution < -0.4 is 11.1 Å². The monoisotopic (exact) mass is 140 g/mol. The van der Waals surface area contributed by atoms with Crippen molar-refractivity contribution in [2.75, 3.05) is 13.1 Å². The Kier molecular flexibility index (Phi) is 1.46. The summed E-state index contributed by atoms with van der Waals surface area (Å²) >= 11 is 0. The average Bonchev–Trinajstić information content (AvgIpc) is 1.85. The minimum absolute atomic E-state index is 0.425. The topological polar surface area (TPSA) is 38.0 Å². The number of nitrogens with one attached hydrogen (secondary N) is 1. The van der Waals surface area contributed by atoms with E-state index in [-0.39, 0.29) is 0 Å². The van der Waals surface area contributed by atoms with E-state index in [4.69, 9.17) is 5.73 Å². The maximum atomic E-state index is 5.86. The second-order valence-corrected chi connectivity index (χ2v) is 3.95. The van der Waals surface area contributed by atoms with Gasteiger partial charge in [0.2, 0.25) is 0 Å². The van der Waals surface area contributed by atoms with Crippen LogP contribution in [-0.4, -0.2) is 19.1 Å². The largest absolute Gasteiger partial charge is 0.327 e. The Morgan fingerprint density at radius 1 is 1.40 bits per heavy atom. The van der Waals surface area contributed by atoms with Crippen molar-refractivity contribution in [3.05, 3.63) is 0 Å². The number of hydrogen-bond acceptors (Lipinski definition) is 2. The molecule has 0 bridgehead atoms. The Labute approximate surface area is 62.2 Å². The maximum absolute atomic E-state index is 5.86. The molecule has 1 saturated heterocycles. The van der Waals surface area contributed by atoms with Crippen LogP contribution in [0.5, 0.6) is 0 Å². The molecule has 10 heavy (non-hydrogen) atoms. The summed E-state index contributed by atoms with van der Waals surface area (Å²) in [6.07, 6.45) is 5.51. The molecule has 1 aliphatic heterocycles. The molecule has 1 spiro atoms. The van der Waals surface area contributed by atoms with Crippen molar-refractivity contribution in [3.63, 3.8) is 0 Å². The zero-order chi connectivity index (χ0) is 7.03. The summed E-state index contributed by atoms with van der Waals surface area (Å²) in [5.74, 6) is 0. The summed E-state index contributed by atoms with van der Waals surface area (Å²) in [7, 11) is 0. The van der Waals surface area contributed by atoms with Crippen LogP contribution in [-0.2, 0) is 0 Å². The van der Waals surface area contributed by atoms with E-state index in [1.165, 1.54) is 32.2 Å². The molecule has 1 saturated carbocycles. The summed E-state index contributed by atoms with van der Waals surface area (Å²) in [5, 5.41) is 3.40. The van der Waals surface area contributed by atoms with Gasteiger partial charge in [0, 0.05) is 19.1 Å². The highest BCUT2D eigenvalue weighted by Crippen LogP contribution is 2.45. The van der Waals surface area contributed by atoms with Crippen molar-refractivity contribution in [1.82, 2.24) is 5.32 Å². The van der Waals surface area contributed by atoms with Crippen molar-refractivity contribution < 1.29 is 0 Å². The van der Waals surface area contributed by atoms with Gasteiger partial charge in [-0.2, -0.15) is 0 Å². The molecular formula is C8H16N2. The van der Waals surface area contributed by atoms with Crippen molar-refractivity contribution in [1.29, 1.82) is 0 Å². The summed E-state index contributed by atoms with van der Waals surface area (Å²) in [5.41, 5.74) is 6.49. The minimum atomic E-state index is 0.425. The second-order valence-electron chi connectivity index (χ2n) is 3.95. The lowest BCUT2D eigenvalue weighted by Gasteiger charge is -2.47. The summed E-state index contributed by atoms with van der Waals surface area (Å²) in [6, 6.07) is 0.425. The van der Waals surface area contributed by atoms with Crippen molar-refractivity contribution >= 4 is 0 Å². The second kappa shape index (κ2) is 2.21. The van der Waals surface area contributed by atoms with E-state index in [0.717, 1.165) is 6.54 Å². The van der Waals surface area contributed by atoms with Crippen LogP contribution in [0.1, 0.15) is 25.7 Å². The molecule has 2 nitrogen and oxygen atoms in total. The highest BCUT2D eigenvalue weighted by molar-refractivity contribution is 4.95. The molecule has 1 aliphatic carbocycles. The van der Waals surface area contributed by atoms with Gasteiger partial charge in [-0.1, -0.05) is 6.42 Å². The minimum Gasteiger partial charge on any atom is -0.327 e. The van der Waals surface area contributed by atoms with E-state index in [9.17, 15) is 0 Å². The molecule has 1 atom stereocenters. The average molecular weight is 140 g/mol. The van der Waals surface area contributed by atoms with E-state index >= 15 is 0 Å². The third-order valence-electron chi connectivity index (χ3n) is 3.02. The third-order valence-corrected chi connectivity index (χ3v) is 3.02. The standard InChI is InChI=1S/C8H16N2/c9-7-4-8(2-1-3-8)6-10-5-7/h7,10H,1-6,9H2. The van der Waals surface area contributed by atoms with E-state index < -0.39 is 0 Å². The Morgan fingerprint density at radius 2 is 2.20 bits per heavy atom. The first-order chi connectivity index (χ1) is 4.81. The number of nitrogens with two attached hydrogens (primary N) is 1. The fourth-order valence-electron chi connectivity index (χ4n) is 2.28. The van der Waals surface area contributed by atoms with Crippen molar-refractivity contribution in [2.24, 2.45) is 11.1 Å². The molecule has 0 radical (unpaired) electrons. The smallest absolute Gasteiger partial charge is 0.0171 e. The molecule has 2 heteroatoms. The van der Waals surface area contributed by atoms with Crippen molar-refractivity contribution in [2.45, 2.75) is 31.7 Å². The van der Waals surface area contributed by atoms with Gasteiger partial charge in [-0.3, -0.25) is 0 Å². The molecule has 2 rings (SSSR count). The van der Waals surface area contributed by atoms with Gasteiger partial charge in [-0.05, 0) is 24.7 Å². The van der Waals surface area contributed by atoms with Gasteiger partial charge in [0.05, 0.1) is 0 Å². The summed E-state index contributed by atoms with van der Waals surface area (Å²) in [6.45, 7) is 2.25. The highest BCUT2D eigenvalue weighted by atomic mass is 14.9. The van der Waals surface area contributed by atoms with E-state index in [2.05, 4.69) is 5.32 Å². The molecule has 0 aromatic carbocycles. The molecule has 58 valence electrons. The molecule has 3 N–H and O–H groups in total. The van der Waals surface area contributed by atoms with Gasteiger partial charge in [-0.15, -0.1) is 0 Å². The van der Waals surface area contributed by atoms with Crippen LogP contribution in [0.2, 0.25) is 0 Å². The number of rotatable bonds is 0. The van der Waals surface area contributed by atoms with Crippen LogP contribution in [0.3, 0.4) is 0 Å². The lowest BCUT2D eigenvalue weighted by atomic mass is 9.64. The third kappa shape index (κ3) is 0.956. The van der Waals surface area contributed by atoms with Gasteiger partial charge in [0.25, 0.3) is 0 Å². The highest BCUT2D eigenvalue weighted by Gasteiger charge is 2.39. The predicted octanol–water partition coefficient (Wildman–Crippen LogP) is 0.477. The van der Waals surface area contributed by atoms with E-state index in [1.807, 2.05) is 0 Å². The van der Waals surface area contributed by atoms with Gasteiger partial charge in [0.15, 0.2) is 0 Å². The number of hydrogen-bond donors (Lipinski definition) is 2. The molecular weight excluding hydrogens is 124 g/mol. The Bertz CT molecular complexity index is 129. The quantitative estimate of drug-likeness (QED) is 0.513. The maximum Gasteiger partial charge on any atom is 0.0171 e. The zero-order valence-electron chi connectivity index (χ0n) is 6.40. The van der Waals surface area contributed by atoms with Crippen LogP contribution in [0.15, 0.2) is 0 Å². The van der Waals surface area contributed by atoms with E-state index in [1.54, 1.807) is 0 Å². The first kappa shape index (κ1) is 6.62. The Morgan fingerprint density at radius 3 is 2.60 bits per heavy atom. The van der Waals surface area contributed by atoms with Gasteiger partial charge < -0.3 is 11.1 Å². The fraction of sp³-hybridized carbons (Fsp3) is 1.00. The molecule has 2 fully saturated rings. The fourth-order valence-corrected chi connectivity index (χ4v) is 2.28. The molecule has 2 aliphatic rings. The first-order valence-electron chi connectivity index (χ1n) is 4.27. The molecule has 1 heterocycles. The molecule has 0 amide bonds. The van der Waals surface area contributed by atoms with Crippen molar-refractivity contribution in [3.8, 4) is 0 Å². The molecule has 1 unspecified atom stereocenters. The predicted molar refractivity (Wildman–Crippen MR) is 41.7 cm³/mol. The van der Waals surface area contributed by atoms with Gasteiger partial charge in [-0.25, -0.2) is 0 Å². The zero-order valence-corrected chi connectivity index (χ0v) is 6.40. The van der Waals surface area contributed by atoms with Crippen LogP contribution in [0.4, 0.5) is 0 Å². The molecule has 0 aromatic rings. The SMILES string of the molecule is NC1CNCC2(CCC2)C1. The van der Waals surface area contributed by atoms with Crippen LogP contribution in [0, 0.1) is 5.41 Å². The molecule has 0 aromatic heterocycles. The van der Waals surface area contributed by atoms with Crippen LogP contribution in [0.25, 0.3) is 0 Å². The lowest BCUT2D eigenvalue weighted by molar-refractivity contribution is 0.0831. The lowest BCUT2D eigenvalue weighted by Crippen LogP contribution is -2.53. The summed E-state index contributed by atoms with van der Waals surface area (Å²) in [4.78, 5) is 0. The Balaban J connectivity index is 1.96. The van der Waals surface area contributed by atoms with Gasteiger partial charge in [0.1, 0.15) is 0 Å². The normalized spacial score (nSPS) is 37.5. The van der Waals surface area contributed by atoms with Crippen LogP contribution >= 0.6 is 0 Å². The first-order valence-corrected chi connectivity index (χ1v) is 4.27. The van der Waals surface area contributed by atoms with Gasteiger partial charge >= 0.3 is 0 Å². The summed E-state index contributed by atoms with van der Waals surface area (Å²) < 4.78 is 0.